The zero-order valence-electron chi connectivity index (χ0n) is 27.3. The molecule has 0 unspecified atom stereocenters. The maximum Gasteiger partial charge on any atom is 0.186 e. The van der Waals surface area contributed by atoms with Crippen LogP contribution in [0.15, 0.2) is 104 Å². The summed E-state index contributed by atoms with van der Waals surface area (Å²) in [4.78, 5) is 23.4. The van der Waals surface area contributed by atoms with Gasteiger partial charge in [-0.05, 0) is 30.5 Å². The van der Waals surface area contributed by atoms with Crippen LogP contribution in [0.5, 0.6) is 0 Å². The lowest BCUT2D eigenvalue weighted by Crippen LogP contribution is -2.45. The van der Waals surface area contributed by atoms with Gasteiger partial charge in [0.25, 0.3) is 0 Å². The van der Waals surface area contributed by atoms with Crippen LogP contribution in [0.2, 0.25) is 0 Å². The Bertz CT molecular complexity index is 1780. The van der Waals surface area contributed by atoms with Gasteiger partial charge in [-0.25, -0.2) is 15.0 Å². The number of hydrogen-bond acceptors (Lipinski definition) is 10. The van der Waals surface area contributed by atoms with Gasteiger partial charge in [-0.1, -0.05) is 91.0 Å². The Morgan fingerprint density at radius 3 is 2.06 bits per heavy atom. The topological polar surface area (TPSA) is 96.2 Å². The van der Waals surface area contributed by atoms with Gasteiger partial charge in [0, 0.05) is 33.2 Å². The molecular formula is C37H40N6O5. The highest BCUT2D eigenvalue weighted by Gasteiger charge is 2.59. The second-order valence-corrected chi connectivity index (χ2v) is 13.0. The van der Waals surface area contributed by atoms with Crippen LogP contribution >= 0.6 is 0 Å². The molecule has 2 aromatic heterocycles. The van der Waals surface area contributed by atoms with E-state index in [1.807, 2.05) is 60.1 Å². The monoisotopic (exact) mass is 648 g/mol. The molecule has 3 aliphatic rings. The maximum absolute atomic E-state index is 6.77. The number of aromatic nitrogens is 4. The maximum atomic E-state index is 6.77. The Labute approximate surface area is 279 Å². The van der Waals surface area contributed by atoms with Crippen molar-refractivity contribution in [2.45, 2.75) is 82.6 Å². The first-order valence-electron chi connectivity index (χ1n) is 16.5. The fourth-order valence-corrected chi connectivity index (χ4v) is 7.17. The van der Waals surface area contributed by atoms with E-state index in [2.05, 4.69) is 65.6 Å². The fraction of sp³-hybridized carbons (Fsp3) is 0.378. The minimum absolute atomic E-state index is 0.160. The first-order valence-corrected chi connectivity index (χ1v) is 16.5. The normalized spacial score (nSPS) is 26.6. The Kier molecular flexibility index (Phi) is 8.41. The summed E-state index contributed by atoms with van der Waals surface area (Å²) in [6.45, 7) is 5.76. The highest BCUT2D eigenvalue weighted by molar-refractivity contribution is 5.83. The van der Waals surface area contributed by atoms with Crippen LogP contribution in [0.4, 0.5) is 5.82 Å². The van der Waals surface area contributed by atoms with Gasteiger partial charge in [0.05, 0.1) is 12.4 Å². The van der Waals surface area contributed by atoms with E-state index < -0.39 is 12.1 Å². The van der Waals surface area contributed by atoms with E-state index in [0.717, 1.165) is 16.9 Å². The zero-order chi connectivity index (χ0) is 32.7. The molecule has 6 atom stereocenters. The van der Waals surface area contributed by atoms with Crippen molar-refractivity contribution in [2.75, 3.05) is 12.0 Å². The summed E-state index contributed by atoms with van der Waals surface area (Å²) in [6.07, 6.45) is 2.13. The summed E-state index contributed by atoms with van der Waals surface area (Å²) >= 11 is 0. The standard InChI is InChI=1S/C37H40N6O5/c1-37(2)46-32-31(45-36(44-3)33(32)47-37)28-19-29(48-43(28)22-27-17-11-6-12-18-27)42-24-40-30-34(38-23-39-35(30)42)41(20-25-13-7-4-8-14-25)21-26-15-9-5-10-16-26/h4-18,23-24,28-29,31-33,36H,19-22H2,1-3H3/t28-,29+,31+,32-,33-,36-/m0/s1. The third-order valence-corrected chi connectivity index (χ3v) is 9.29. The number of hydrogen-bond donors (Lipinski definition) is 0. The van der Waals surface area contributed by atoms with Crippen LogP contribution in [-0.2, 0) is 43.4 Å². The van der Waals surface area contributed by atoms with Crippen LogP contribution in [-0.4, -0.2) is 68.1 Å². The minimum atomic E-state index is -0.740. The molecule has 0 aliphatic carbocycles. The molecule has 0 amide bonds. The van der Waals surface area contributed by atoms with E-state index in [1.165, 1.54) is 11.1 Å². The zero-order valence-corrected chi connectivity index (χ0v) is 27.3. The Morgan fingerprint density at radius 1 is 0.792 bits per heavy atom. The van der Waals surface area contributed by atoms with Crippen molar-refractivity contribution < 1.29 is 23.8 Å². The molecular weight excluding hydrogens is 608 g/mol. The van der Waals surface area contributed by atoms with Gasteiger partial charge in [-0.3, -0.25) is 9.40 Å². The van der Waals surface area contributed by atoms with E-state index >= 15 is 0 Å². The van der Waals surface area contributed by atoms with Crippen LogP contribution in [0.3, 0.4) is 0 Å². The van der Waals surface area contributed by atoms with Crippen molar-refractivity contribution >= 4 is 17.0 Å². The summed E-state index contributed by atoms with van der Waals surface area (Å²) in [7, 11) is 1.64. The molecule has 11 heteroatoms. The van der Waals surface area contributed by atoms with Crippen LogP contribution in [0.25, 0.3) is 11.2 Å². The van der Waals surface area contributed by atoms with Gasteiger partial charge in [-0.15, -0.1) is 0 Å². The van der Waals surface area contributed by atoms with Gasteiger partial charge in [0.2, 0.25) is 0 Å². The molecule has 48 heavy (non-hydrogen) atoms. The summed E-state index contributed by atoms with van der Waals surface area (Å²) in [5.41, 5.74) is 4.92. The number of anilines is 1. The Hall–Kier alpha value is -4.23. The summed E-state index contributed by atoms with van der Waals surface area (Å²) < 4.78 is 26.9. The molecule has 0 saturated carbocycles. The molecule has 11 nitrogen and oxygen atoms in total. The third-order valence-electron chi connectivity index (χ3n) is 9.29. The number of hydroxylamine groups is 2. The highest BCUT2D eigenvalue weighted by Crippen LogP contribution is 2.45. The molecule has 3 saturated heterocycles. The van der Waals surface area contributed by atoms with Crippen molar-refractivity contribution in [3.63, 3.8) is 0 Å². The lowest BCUT2D eigenvalue weighted by molar-refractivity contribution is -0.249. The summed E-state index contributed by atoms with van der Waals surface area (Å²) in [6, 6.07) is 31.0. The van der Waals surface area contributed by atoms with E-state index in [0.29, 0.717) is 31.7 Å². The third kappa shape index (κ3) is 6.09. The van der Waals surface area contributed by atoms with Crippen molar-refractivity contribution in [1.29, 1.82) is 0 Å². The molecule has 0 bridgehead atoms. The molecule has 5 aromatic rings. The Balaban J connectivity index is 1.12. The molecule has 248 valence electrons. The number of nitrogens with zero attached hydrogens (tertiary/aromatic N) is 6. The largest absolute Gasteiger partial charge is 0.353 e. The van der Waals surface area contributed by atoms with E-state index in [1.54, 1.807) is 13.4 Å². The molecule has 0 spiro atoms. The molecule has 0 N–H and O–H groups in total. The van der Waals surface area contributed by atoms with Gasteiger partial charge in [0.1, 0.15) is 24.6 Å². The van der Waals surface area contributed by atoms with Crippen LogP contribution in [0.1, 0.15) is 43.2 Å². The van der Waals surface area contributed by atoms with Crippen molar-refractivity contribution in [2.24, 2.45) is 0 Å². The van der Waals surface area contributed by atoms with E-state index in [-0.39, 0.29) is 30.6 Å². The Morgan fingerprint density at radius 2 is 1.42 bits per heavy atom. The van der Waals surface area contributed by atoms with Crippen LogP contribution < -0.4 is 4.90 Å². The molecule has 8 rings (SSSR count). The predicted molar refractivity (Wildman–Crippen MR) is 178 cm³/mol. The van der Waals surface area contributed by atoms with Crippen molar-refractivity contribution in [3.05, 3.63) is 120 Å². The second kappa shape index (κ2) is 13.0. The average Bonchev–Trinajstić information content (AvgIpc) is 3.87. The van der Waals surface area contributed by atoms with Gasteiger partial charge < -0.3 is 23.8 Å². The number of ether oxygens (including phenoxy) is 4. The molecule has 5 heterocycles. The van der Waals surface area contributed by atoms with Gasteiger partial charge in [-0.2, -0.15) is 5.06 Å². The summed E-state index contributed by atoms with van der Waals surface area (Å²) in [5, 5.41) is 2.01. The van der Waals surface area contributed by atoms with Gasteiger partial charge >= 0.3 is 0 Å². The van der Waals surface area contributed by atoms with Crippen molar-refractivity contribution in [3.8, 4) is 0 Å². The number of rotatable bonds is 10. The van der Waals surface area contributed by atoms with Gasteiger partial charge in [0.15, 0.2) is 35.3 Å². The first-order chi connectivity index (χ1) is 23.5. The highest BCUT2D eigenvalue weighted by atomic mass is 16.8. The molecule has 3 aliphatic heterocycles. The number of imidazole rings is 1. The van der Waals surface area contributed by atoms with Crippen LogP contribution in [0, 0.1) is 0 Å². The predicted octanol–water partition coefficient (Wildman–Crippen LogP) is 5.63. The molecule has 3 fully saturated rings. The summed E-state index contributed by atoms with van der Waals surface area (Å²) in [5.74, 6) is 0.0297. The van der Waals surface area contributed by atoms with E-state index in [4.69, 9.17) is 38.7 Å². The minimum Gasteiger partial charge on any atom is -0.353 e. The first kappa shape index (κ1) is 31.1. The fourth-order valence-electron chi connectivity index (χ4n) is 7.17. The smallest absolute Gasteiger partial charge is 0.186 e. The lowest BCUT2D eigenvalue weighted by Gasteiger charge is -2.30. The number of benzene rings is 3. The molecule has 0 radical (unpaired) electrons. The van der Waals surface area contributed by atoms with E-state index in [9.17, 15) is 0 Å². The molecule has 3 aromatic carbocycles. The SMILES string of the molecule is CO[C@H]1O[C@H]([C@@H]2C[C@H](n3cnc4c(N(Cc5ccccc5)Cc5ccccc5)ncnc43)ON2Cc2ccccc2)[C@@H]2OC(C)(C)O[C@H]12. The average molecular weight is 649 g/mol. The van der Waals surface area contributed by atoms with Crippen molar-refractivity contribution in [1.82, 2.24) is 24.6 Å². The number of methoxy groups -OCH3 is 1. The lowest BCUT2D eigenvalue weighted by atomic mass is 10.00. The second-order valence-electron chi connectivity index (χ2n) is 13.0. The quantitative estimate of drug-likeness (QED) is 0.190. The number of fused-ring (bicyclic) bond motifs is 2.